The molecule has 0 atom stereocenters. The summed E-state index contributed by atoms with van der Waals surface area (Å²) in [5.41, 5.74) is 2.74. The van der Waals surface area contributed by atoms with Gasteiger partial charge < -0.3 is 9.72 Å². The molecule has 0 radical (unpaired) electrons. The maximum absolute atomic E-state index is 11.9. The first-order chi connectivity index (χ1) is 11.7. The van der Waals surface area contributed by atoms with Crippen LogP contribution in [-0.2, 0) is 6.42 Å². The number of hydrogen-bond donors (Lipinski definition) is 1. The Bertz CT molecular complexity index is 845. The van der Waals surface area contributed by atoms with Gasteiger partial charge in [0.2, 0.25) is 0 Å². The van der Waals surface area contributed by atoms with Crippen molar-refractivity contribution in [3.63, 3.8) is 0 Å². The number of methoxy groups -OCH3 is 1. The molecule has 1 aromatic heterocycles. The predicted molar refractivity (Wildman–Crippen MR) is 97.7 cm³/mol. The molecule has 1 N–H and O–H groups in total. The zero-order chi connectivity index (χ0) is 16.8. The van der Waals surface area contributed by atoms with Crippen LogP contribution in [0.25, 0.3) is 11.3 Å². The quantitative estimate of drug-likeness (QED) is 0.549. The number of aromatic amines is 1. The van der Waals surface area contributed by atoms with E-state index in [0.717, 1.165) is 23.5 Å². The summed E-state index contributed by atoms with van der Waals surface area (Å²) in [5, 5.41) is 0.648. The second-order valence-corrected chi connectivity index (χ2v) is 6.33. The summed E-state index contributed by atoms with van der Waals surface area (Å²) in [4.78, 5) is 19.2. The SMILES string of the molecule is COc1ccc(CCSc2nc(-c3ccccc3)cc(=O)[nH]2)cc1. The molecular weight excluding hydrogens is 320 g/mol. The number of ether oxygens (including phenoxy) is 1. The van der Waals surface area contributed by atoms with E-state index >= 15 is 0 Å². The molecule has 0 saturated heterocycles. The van der Waals surface area contributed by atoms with Crippen LogP contribution in [0.3, 0.4) is 0 Å². The van der Waals surface area contributed by atoms with Crippen molar-refractivity contribution >= 4 is 11.8 Å². The van der Waals surface area contributed by atoms with Crippen molar-refractivity contribution in [1.82, 2.24) is 9.97 Å². The molecule has 0 spiro atoms. The third-order valence-electron chi connectivity index (χ3n) is 3.58. The highest BCUT2D eigenvalue weighted by atomic mass is 32.2. The van der Waals surface area contributed by atoms with Gasteiger partial charge in [-0.3, -0.25) is 4.79 Å². The monoisotopic (exact) mass is 338 g/mol. The normalized spacial score (nSPS) is 10.5. The fraction of sp³-hybridized carbons (Fsp3) is 0.158. The fourth-order valence-electron chi connectivity index (χ4n) is 2.32. The summed E-state index contributed by atoms with van der Waals surface area (Å²) in [6, 6.07) is 19.3. The molecule has 4 nitrogen and oxygen atoms in total. The van der Waals surface area contributed by atoms with E-state index in [1.54, 1.807) is 18.9 Å². The molecule has 0 fully saturated rings. The van der Waals surface area contributed by atoms with E-state index in [1.807, 2.05) is 42.5 Å². The minimum absolute atomic E-state index is 0.129. The van der Waals surface area contributed by atoms with Crippen molar-refractivity contribution in [2.75, 3.05) is 12.9 Å². The van der Waals surface area contributed by atoms with Crippen LogP contribution < -0.4 is 10.3 Å². The first-order valence-electron chi connectivity index (χ1n) is 7.67. The Labute approximate surface area is 144 Å². The average Bonchev–Trinajstić information content (AvgIpc) is 2.63. The van der Waals surface area contributed by atoms with Gasteiger partial charge in [-0.15, -0.1) is 0 Å². The lowest BCUT2D eigenvalue weighted by molar-refractivity contribution is 0.414. The molecule has 24 heavy (non-hydrogen) atoms. The maximum atomic E-state index is 11.9. The largest absolute Gasteiger partial charge is 0.497 e. The Morgan fingerprint density at radius 3 is 2.54 bits per heavy atom. The molecular formula is C19H18N2O2S. The Hall–Kier alpha value is -2.53. The second-order valence-electron chi connectivity index (χ2n) is 5.25. The topological polar surface area (TPSA) is 55.0 Å². The molecule has 0 aliphatic heterocycles. The number of H-pyrrole nitrogens is 1. The summed E-state index contributed by atoms with van der Waals surface area (Å²) in [7, 11) is 1.66. The van der Waals surface area contributed by atoms with E-state index in [0.29, 0.717) is 10.9 Å². The van der Waals surface area contributed by atoms with E-state index in [1.165, 1.54) is 11.6 Å². The lowest BCUT2D eigenvalue weighted by Gasteiger charge is -2.05. The van der Waals surface area contributed by atoms with Gasteiger partial charge in [0.25, 0.3) is 5.56 Å². The van der Waals surface area contributed by atoms with Crippen LogP contribution in [0.1, 0.15) is 5.56 Å². The smallest absolute Gasteiger partial charge is 0.252 e. The van der Waals surface area contributed by atoms with E-state index in [2.05, 4.69) is 22.1 Å². The van der Waals surface area contributed by atoms with Crippen LogP contribution in [0.2, 0.25) is 0 Å². The minimum atomic E-state index is -0.129. The van der Waals surface area contributed by atoms with Gasteiger partial charge in [0.05, 0.1) is 12.8 Å². The summed E-state index contributed by atoms with van der Waals surface area (Å²) in [5.74, 6) is 1.70. The summed E-state index contributed by atoms with van der Waals surface area (Å²) >= 11 is 1.55. The standard InChI is InChI=1S/C19H18N2O2S/c1-23-16-9-7-14(8-10-16)11-12-24-19-20-17(13-18(22)21-19)15-5-3-2-4-6-15/h2-10,13H,11-12H2,1H3,(H,20,21,22). The summed E-state index contributed by atoms with van der Waals surface area (Å²) < 4.78 is 5.16. The molecule has 3 aromatic rings. The van der Waals surface area contributed by atoms with Crippen LogP contribution in [0.4, 0.5) is 0 Å². The molecule has 1 heterocycles. The van der Waals surface area contributed by atoms with Crippen LogP contribution >= 0.6 is 11.8 Å². The summed E-state index contributed by atoms with van der Waals surface area (Å²) in [6.45, 7) is 0. The van der Waals surface area contributed by atoms with Gasteiger partial charge in [-0.05, 0) is 24.1 Å². The number of thioether (sulfide) groups is 1. The van der Waals surface area contributed by atoms with Crippen LogP contribution in [0, 0.1) is 0 Å². The van der Waals surface area contributed by atoms with E-state index < -0.39 is 0 Å². The number of hydrogen-bond acceptors (Lipinski definition) is 4. The third kappa shape index (κ3) is 4.26. The Kier molecular flexibility index (Phi) is 5.33. The maximum Gasteiger partial charge on any atom is 0.252 e. The van der Waals surface area contributed by atoms with Crippen LogP contribution in [-0.4, -0.2) is 22.8 Å². The number of nitrogens with one attached hydrogen (secondary N) is 1. The predicted octanol–water partition coefficient (Wildman–Crippen LogP) is 3.78. The van der Waals surface area contributed by atoms with Crippen molar-refractivity contribution in [3.8, 4) is 17.0 Å². The molecule has 0 amide bonds. The summed E-state index contributed by atoms with van der Waals surface area (Å²) in [6.07, 6.45) is 0.897. The number of rotatable bonds is 6. The third-order valence-corrected chi connectivity index (χ3v) is 4.45. The van der Waals surface area contributed by atoms with Crippen molar-refractivity contribution < 1.29 is 4.74 Å². The molecule has 5 heteroatoms. The van der Waals surface area contributed by atoms with Crippen molar-refractivity contribution in [2.24, 2.45) is 0 Å². The van der Waals surface area contributed by atoms with E-state index in [4.69, 9.17) is 4.74 Å². The molecule has 0 unspecified atom stereocenters. The molecule has 0 bridgehead atoms. The van der Waals surface area contributed by atoms with Crippen LogP contribution in [0.5, 0.6) is 5.75 Å². The Morgan fingerprint density at radius 2 is 1.83 bits per heavy atom. The Morgan fingerprint density at radius 1 is 1.08 bits per heavy atom. The van der Waals surface area contributed by atoms with Gasteiger partial charge in [0, 0.05) is 17.4 Å². The highest BCUT2D eigenvalue weighted by molar-refractivity contribution is 7.99. The minimum Gasteiger partial charge on any atom is -0.497 e. The van der Waals surface area contributed by atoms with Crippen molar-refractivity contribution in [1.29, 1.82) is 0 Å². The van der Waals surface area contributed by atoms with Crippen molar-refractivity contribution in [3.05, 3.63) is 76.6 Å². The number of aryl methyl sites for hydroxylation is 1. The number of benzene rings is 2. The second kappa shape index (κ2) is 7.84. The molecule has 0 aliphatic carbocycles. The number of aromatic nitrogens is 2. The van der Waals surface area contributed by atoms with Gasteiger partial charge in [-0.1, -0.05) is 54.2 Å². The number of nitrogens with zero attached hydrogens (tertiary/aromatic N) is 1. The zero-order valence-electron chi connectivity index (χ0n) is 13.4. The first-order valence-corrected chi connectivity index (χ1v) is 8.66. The van der Waals surface area contributed by atoms with Crippen LogP contribution in [0.15, 0.2) is 70.6 Å². The average molecular weight is 338 g/mol. The van der Waals surface area contributed by atoms with Gasteiger partial charge in [-0.2, -0.15) is 0 Å². The molecule has 0 aliphatic rings. The molecule has 122 valence electrons. The van der Waals surface area contributed by atoms with Gasteiger partial charge in [0.15, 0.2) is 5.16 Å². The zero-order valence-corrected chi connectivity index (χ0v) is 14.2. The van der Waals surface area contributed by atoms with E-state index in [-0.39, 0.29) is 5.56 Å². The van der Waals surface area contributed by atoms with Crippen molar-refractivity contribution in [2.45, 2.75) is 11.6 Å². The first kappa shape index (κ1) is 16.3. The van der Waals surface area contributed by atoms with E-state index in [9.17, 15) is 4.79 Å². The highest BCUT2D eigenvalue weighted by Crippen LogP contribution is 2.20. The van der Waals surface area contributed by atoms with Gasteiger partial charge in [0.1, 0.15) is 5.75 Å². The highest BCUT2D eigenvalue weighted by Gasteiger charge is 2.05. The van der Waals surface area contributed by atoms with Gasteiger partial charge in [-0.25, -0.2) is 4.98 Å². The molecule has 0 saturated carbocycles. The molecule has 3 rings (SSSR count). The Balaban J connectivity index is 1.66. The lowest BCUT2D eigenvalue weighted by atomic mass is 10.1. The molecule has 2 aromatic carbocycles. The fourth-order valence-corrected chi connectivity index (χ4v) is 3.18. The van der Waals surface area contributed by atoms with Gasteiger partial charge >= 0.3 is 0 Å². The lowest BCUT2D eigenvalue weighted by Crippen LogP contribution is -2.08.